The standard InChI is InChI=1S/C60H35N3O3/c1-3-13-36(14-4-1)61(37-15-5-2-6-16-37)38-23-30-55-47(33-38)48-35-40(25-32-56(48)65-55)63-50-21-11-8-19-45(50)58-52(63)29-27-43-42-26-28-51-57(59(42)66-60(43)58)44-18-7-10-20-49(44)62(51)39-24-31-54-46(34-39)41-17-9-12-22-53(41)64-54/h1-35H. The second-order valence-corrected chi connectivity index (χ2v) is 17.2. The summed E-state index contributed by atoms with van der Waals surface area (Å²) < 4.78 is 24.7. The first-order valence-electron chi connectivity index (χ1n) is 22.3. The molecule has 308 valence electrons. The second-order valence-electron chi connectivity index (χ2n) is 17.2. The molecule has 0 aliphatic carbocycles. The molecule has 0 radical (unpaired) electrons. The van der Waals surface area contributed by atoms with E-state index < -0.39 is 0 Å². The Morgan fingerprint density at radius 1 is 0.273 bits per heavy atom. The maximum atomic E-state index is 7.27. The van der Waals surface area contributed by atoms with Crippen LogP contribution in [0.1, 0.15) is 0 Å². The van der Waals surface area contributed by atoms with Crippen molar-refractivity contribution in [1.29, 1.82) is 0 Å². The van der Waals surface area contributed by atoms with E-state index >= 15 is 0 Å². The van der Waals surface area contributed by atoms with Crippen LogP contribution in [0.4, 0.5) is 17.1 Å². The summed E-state index contributed by atoms with van der Waals surface area (Å²) >= 11 is 0. The van der Waals surface area contributed by atoms with E-state index in [1.807, 2.05) is 12.1 Å². The summed E-state index contributed by atoms with van der Waals surface area (Å²) in [6.07, 6.45) is 0. The molecule has 15 rings (SSSR count). The molecule has 15 aromatic rings. The van der Waals surface area contributed by atoms with Gasteiger partial charge in [0, 0.05) is 71.5 Å². The predicted octanol–water partition coefficient (Wildman–Crippen LogP) is 17.0. The fourth-order valence-electron chi connectivity index (χ4n) is 10.8. The molecular weight excluding hydrogens is 811 g/mol. The lowest BCUT2D eigenvalue weighted by atomic mass is 10.1. The molecular formula is C60H35N3O3. The molecule has 66 heavy (non-hydrogen) atoms. The van der Waals surface area contributed by atoms with Gasteiger partial charge in [-0.05, 0) is 121 Å². The Balaban J connectivity index is 0.936. The minimum atomic E-state index is 0.846. The monoisotopic (exact) mass is 845 g/mol. The minimum absolute atomic E-state index is 0.846. The number of aromatic nitrogens is 2. The highest BCUT2D eigenvalue weighted by Gasteiger charge is 2.24. The zero-order chi connectivity index (χ0) is 43.0. The Morgan fingerprint density at radius 3 is 1.27 bits per heavy atom. The Labute approximate surface area is 375 Å². The van der Waals surface area contributed by atoms with Crippen molar-refractivity contribution in [2.75, 3.05) is 4.90 Å². The summed E-state index contributed by atoms with van der Waals surface area (Å²) in [6, 6.07) is 75.1. The van der Waals surface area contributed by atoms with Gasteiger partial charge in [0.1, 0.15) is 33.5 Å². The number of benzene rings is 10. The number of hydrogen-bond donors (Lipinski definition) is 0. The molecule has 0 amide bonds. The normalized spacial score (nSPS) is 12.2. The van der Waals surface area contributed by atoms with Crippen molar-refractivity contribution < 1.29 is 13.3 Å². The van der Waals surface area contributed by atoms with Crippen molar-refractivity contribution in [2.24, 2.45) is 0 Å². The van der Waals surface area contributed by atoms with Crippen molar-refractivity contribution in [3.05, 3.63) is 212 Å². The Morgan fingerprint density at radius 2 is 0.712 bits per heavy atom. The molecule has 6 nitrogen and oxygen atoms in total. The summed E-state index contributed by atoms with van der Waals surface area (Å²) in [4.78, 5) is 2.29. The predicted molar refractivity (Wildman–Crippen MR) is 272 cm³/mol. The largest absolute Gasteiger partial charge is 0.456 e. The SMILES string of the molecule is c1ccc(N(c2ccccc2)c2ccc3oc4ccc(-n5c6ccccc6c6c7oc8c(ccc9c8c8ccccc8n9-c8ccc9oc%10ccccc%10c9c8)c7ccc65)cc4c3c2)cc1. The van der Waals surface area contributed by atoms with Crippen molar-refractivity contribution in [1.82, 2.24) is 9.13 Å². The molecule has 10 aromatic carbocycles. The van der Waals surface area contributed by atoms with Gasteiger partial charge in [-0.15, -0.1) is 0 Å². The summed E-state index contributed by atoms with van der Waals surface area (Å²) in [5, 5.41) is 11.0. The molecule has 6 heteroatoms. The molecule has 0 bridgehead atoms. The third-order valence-electron chi connectivity index (χ3n) is 13.7. The molecule has 0 spiro atoms. The molecule has 5 aromatic heterocycles. The number of hydrogen-bond acceptors (Lipinski definition) is 4. The first-order chi connectivity index (χ1) is 32.7. The van der Waals surface area contributed by atoms with Crippen LogP contribution in [0.3, 0.4) is 0 Å². The minimum Gasteiger partial charge on any atom is -0.456 e. The van der Waals surface area contributed by atoms with Crippen molar-refractivity contribution in [3.63, 3.8) is 0 Å². The second kappa shape index (κ2) is 13.3. The lowest BCUT2D eigenvalue weighted by Gasteiger charge is -2.25. The van der Waals surface area contributed by atoms with Gasteiger partial charge in [0.15, 0.2) is 0 Å². The van der Waals surface area contributed by atoms with Crippen LogP contribution in [0.2, 0.25) is 0 Å². The average Bonchev–Trinajstić information content (AvgIpc) is 4.18. The Bertz CT molecular complexity index is 4430. The van der Waals surface area contributed by atoms with E-state index in [0.29, 0.717) is 0 Å². The van der Waals surface area contributed by atoms with Crippen LogP contribution in [0, 0.1) is 0 Å². The van der Waals surface area contributed by atoms with Gasteiger partial charge in [0.2, 0.25) is 0 Å². The molecule has 0 N–H and O–H groups in total. The third kappa shape index (κ3) is 4.90. The van der Waals surface area contributed by atoms with Gasteiger partial charge in [-0.2, -0.15) is 0 Å². The van der Waals surface area contributed by atoms with Crippen LogP contribution in [-0.4, -0.2) is 9.13 Å². The van der Waals surface area contributed by atoms with E-state index in [9.17, 15) is 0 Å². The van der Waals surface area contributed by atoms with Crippen molar-refractivity contribution in [2.45, 2.75) is 0 Å². The van der Waals surface area contributed by atoms with Gasteiger partial charge in [-0.25, -0.2) is 0 Å². The zero-order valence-electron chi connectivity index (χ0n) is 35.3. The highest BCUT2D eigenvalue weighted by atomic mass is 16.3. The van der Waals surface area contributed by atoms with E-state index in [0.717, 1.165) is 138 Å². The maximum absolute atomic E-state index is 7.27. The van der Waals surface area contributed by atoms with Gasteiger partial charge in [-0.3, -0.25) is 0 Å². The molecule has 0 saturated carbocycles. The van der Waals surface area contributed by atoms with Crippen LogP contribution >= 0.6 is 0 Å². The smallest absolute Gasteiger partial charge is 0.145 e. The number of furan rings is 3. The van der Waals surface area contributed by atoms with Gasteiger partial charge in [0.25, 0.3) is 0 Å². The van der Waals surface area contributed by atoms with Gasteiger partial charge < -0.3 is 27.3 Å². The first kappa shape index (κ1) is 35.5. The summed E-state index contributed by atoms with van der Waals surface area (Å²) in [5.41, 5.74) is 15.0. The summed E-state index contributed by atoms with van der Waals surface area (Å²) in [7, 11) is 0. The van der Waals surface area contributed by atoms with Crippen LogP contribution < -0.4 is 4.90 Å². The van der Waals surface area contributed by atoms with Gasteiger partial charge in [-0.1, -0.05) is 91.0 Å². The maximum Gasteiger partial charge on any atom is 0.145 e. The summed E-state index contributed by atoms with van der Waals surface area (Å²) in [6.45, 7) is 0. The fourth-order valence-corrected chi connectivity index (χ4v) is 10.8. The Hall–Kier alpha value is -9.00. The van der Waals surface area contributed by atoms with Gasteiger partial charge in [0.05, 0.1) is 32.8 Å². The highest BCUT2D eigenvalue weighted by molar-refractivity contribution is 6.29. The molecule has 0 saturated heterocycles. The number of anilines is 3. The van der Waals surface area contributed by atoms with Crippen LogP contribution in [0.5, 0.6) is 0 Å². The quantitative estimate of drug-likeness (QED) is 0.173. The van der Waals surface area contributed by atoms with E-state index in [1.165, 1.54) is 0 Å². The number of para-hydroxylation sites is 5. The van der Waals surface area contributed by atoms with Crippen molar-refractivity contribution >= 4 is 126 Å². The number of fused-ring (bicyclic) bond motifs is 17. The summed E-state index contributed by atoms with van der Waals surface area (Å²) in [5.74, 6) is 0. The van der Waals surface area contributed by atoms with E-state index in [2.05, 4.69) is 214 Å². The topological polar surface area (TPSA) is 52.5 Å². The zero-order valence-corrected chi connectivity index (χ0v) is 35.3. The molecule has 5 heterocycles. The van der Waals surface area contributed by atoms with E-state index in [-0.39, 0.29) is 0 Å². The number of nitrogens with zero attached hydrogens (tertiary/aromatic N) is 3. The first-order valence-corrected chi connectivity index (χ1v) is 22.3. The van der Waals surface area contributed by atoms with Crippen LogP contribution in [0.25, 0.3) is 121 Å². The molecule has 0 unspecified atom stereocenters. The van der Waals surface area contributed by atoms with Crippen LogP contribution in [-0.2, 0) is 0 Å². The molecule has 0 fully saturated rings. The number of rotatable bonds is 5. The van der Waals surface area contributed by atoms with E-state index in [1.54, 1.807) is 0 Å². The van der Waals surface area contributed by atoms with Crippen molar-refractivity contribution in [3.8, 4) is 11.4 Å². The fraction of sp³-hybridized carbons (Fsp3) is 0. The van der Waals surface area contributed by atoms with Gasteiger partial charge >= 0.3 is 0 Å². The molecule has 0 aliphatic heterocycles. The average molecular weight is 846 g/mol. The lowest BCUT2D eigenvalue weighted by molar-refractivity contribution is 0.668. The molecule has 0 aliphatic rings. The third-order valence-corrected chi connectivity index (χ3v) is 13.7. The Kier molecular flexibility index (Phi) is 7.13. The van der Waals surface area contributed by atoms with E-state index in [4.69, 9.17) is 13.3 Å². The lowest BCUT2D eigenvalue weighted by Crippen LogP contribution is -2.09. The van der Waals surface area contributed by atoms with Crippen LogP contribution in [0.15, 0.2) is 226 Å². The molecule has 0 atom stereocenters. The highest BCUT2D eigenvalue weighted by Crippen LogP contribution is 2.46.